The van der Waals surface area contributed by atoms with Crippen molar-refractivity contribution in [3.8, 4) is 22.4 Å². The molecule has 1 aliphatic carbocycles. The first-order valence-corrected chi connectivity index (χ1v) is 18.0. The predicted octanol–water partition coefficient (Wildman–Crippen LogP) is 7.45. The molecule has 1 atom stereocenters. The van der Waals surface area contributed by atoms with Gasteiger partial charge in [0.25, 0.3) is 0 Å². The molecule has 11 nitrogen and oxygen atoms in total. The number of hydrogen-bond acceptors (Lipinski definition) is 7. The Morgan fingerprint density at radius 1 is 1.12 bits per heavy atom. The minimum absolute atomic E-state index is 0.0245. The van der Waals surface area contributed by atoms with Crippen molar-refractivity contribution in [3.05, 3.63) is 52.9 Å². The molecule has 12 heteroatoms. The Morgan fingerprint density at radius 3 is 2.71 bits per heavy atom. The summed E-state index contributed by atoms with van der Waals surface area (Å²) in [4.78, 5) is 14.4. The summed E-state index contributed by atoms with van der Waals surface area (Å²) in [5.41, 5.74) is 7.78. The van der Waals surface area contributed by atoms with Crippen molar-refractivity contribution >= 4 is 39.5 Å². The quantitative estimate of drug-likeness (QED) is 0.160. The summed E-state index contributed by atoms with van der Waals surface area (Å²) in [6.45, 7) is 9.43. The van der Waals surface area contributed by atoms with Crippen LogP contribution in [0.3, 0.4) is 0 Å². The lowest BCUT2D eigenvalue weighted by atomic mass is 9.61. The molecule has 258 valence electrons. The standard InChI is InChI=1S/C37H44ClN7O4/c1-4-5-13-49-36(47)42-21-37(22-42)17-27(18-37)44-24(3)32(35(41-44)25-9-10-29-26(16-25)20-43(40-29)11-12-46)33-28-19-39-45(31-8-6-7-14-48-31)30(28)15-23(2)34(33)38/h9-10,15-16,19-20,27,31,46H,4-8,11-14,17-18,21-22H2,1-3H3. The number of carbonyl (C=O) groups excluding carboxylic acids is 1. The van der Waals surface area contributed by atoms with Gasteiger partial charge in [-0.15, -0.1) is 0 Å². The average Bonchev–Trinajstić information content (AvgIpc) is 3.76. The highest BCUT2D eigenvalue weighted by Gasteiger charge is 2.55. The number of halogens is 1. The number of benzene rings is 2. The van der Waals surface area contributed by atoms with Crippen LogP contribution in [-0.2, 0) is 16.0 Å². The highest BCUT2D eigenvalue weighted by molar-refractivity contribution is 6.36. The highest BCUT2D eigenvalue weighted by atomic mass is 35.5. The fraction of sp³-hybridized carbons (Fsp3) is 0.514. The van der Waals surface area contributed by atoms with Gasteiger partial charge in [-0.05, 0) is 76.1 Å². The fourth-order valence-electron chi connectivity index (χ4n) is 8.16. The second kappa shape index (κ2) is 12.8. The third-order valence-corrected chi connectivity index (χ3v) is 11.2. The third kappa shape index (κ3) is 5.60. The lowest BCUT2D eigenvalue weighted by Crippen LogP contribution is -2.64. The molecule has 3 fully saturated rings. The van der Waals surface area contributed by atoms with Gasteiger partial charge in [-0.1, -0.05) is 31.0 Å². The number of amides is 1. The van der Waals surface area contributed by atoms with Crippen LogP contribution in [0.4, 0.5) is 4.79 Å². The number of ether oxygens (including phenoxy) is 2. The second-order valence-electron chi connectivity index (χ2n) is 14.3. The number of aryl methyl sites for hydroxylation is 1. The molecule has 1 unspecified atom stereocenters. The highest BCUT2D eigenvalue weighted by Crippen LogP contribution is 2.55. The summed E-state index contributed by atoms with van der Waals surface area (Å²) in [6, 6.07) is 8.55. The molecule has 3 aliphatic rings. The van der Waals surface area contributed by atoms with E-state index in [9.17, 15) is 9.90 Å². The Hall–Kier alpha value is -3.93. The molecule has 1 amide bonds. The van der Waals surface area contributed by atoms with Crippen LogP contribution in [0.2, 0.25) is 5.02 Å². The van der Waals surface area contributed by atoms with Crippen LogP contribution in [-0.4, -0.2) is 78.4 Å². The van der Waals surface area contributed by atoms with Gasteiger partial charge in [0.1, 0.15) is 5.69 Å². The van der Waals surface area contributed by atoms with E-state index in [0.29, 0.717) is 18.2 Å². The molecule has 0 bridgehead atoms. The monoisotopic (exact) mass is 685 g/mol. The smallest absolute Gasteiger partial charge is 0.409 e. The zero-order chi connectivity index (χ0) is 33.9. The van der Waals surface area contributed by atoms with E-state index in [1.807, 2.05) is 28.0 Å². The van der Waals surface area contributed by atoms with E-state index < -0.39 is 0 Å². The molecule has 3 aromatic heterocycles. The molecule has 2 aliphatic heterocycles. The number of carbonyl (C=O) groups is 1. The van der Waals surface area contributed by atoms with Crippen LogP contribution in [0.15, 0.2) is 36.7 Å². The molecule has 0 radical (unpaired) electrons. The molecular formula is C37H44ClN7O4. The lowest BCUT2D eigenvalue weighted by Gasteiger charge is -2.58. The van der Waals surface area contributed by atoms with Gasteiger partial charge >= 0.3 is 6.09 Å². The van der Waals surface area contributed by atoms with Gasteiger partial charge in [-0.25, -0.2) is 9.48 Å². The Labute approximate surface area is 290 Å². The Morgan fingerprint density at radius 2 is 1.96 bits per heavy atom. The van der Waals surface area contributed by atoms with Crippen molar-refractivity contribution < 1.29 is 19.4 Å². The van der Waals surface area contributed by atoms with Gasteiger partial charge < -0.3 is 19.5 Å². The first-order chi connectivity index (χ1) is 23.8. The summed E-state index contributed by atoms with van der Waals surface area (Å²) in [7, 11) is 0. The van der Waals surface area contributed by atoms with E-state index >= 15 is 0 Å². The molecular weight excluding hydrogens is 642 g/mol. The van der Waals surface area contributed by atoms with Crippen molar-refractivity contribution in [1.82, 2.24) is 34.2 Å². The number of aliphatic hydroxyl groups excluding tert-OH is 1. The topological polar surface area (TPSA) is 112 Å². The first-order valence-electron chi connectivity index (χ1n) is 17.7. The maximum atomic E-state index is 12.5. The van der Waals surface area contributed by atoms with Crippen LogP contribution in [0.1, 0.15) is 75.4 Å². The van der Waals surface area contributed by atoms with Gasteiger partial charge in [0.15, 0.2) is 6.23 Å². The normalized spacial score (nSPS) is 19.1. The Bertz CT molecular complexity index is 2030. The summed E-state index contributed by atoms with van der Waals surface area (Å²) in [5.74, 6) is 0. The molecule has 2 saturated heterocycles. The van der Waals surface area contributed by atoms with E-state index in [0.717, 1.165) is 120 Å². The zero-order valence-corrected chi connectivity index (χ0v) is 29.2. The predicted molar refractivity (Wildman–Crippen MR) is 189 cm³/mol. The molecule has 5 aromatic rings. The number of hydrogen-bond donors (Lipinski definition) is 1. The van der Waals surface area contributed by atoms with E-state index in [-0.39, 0.29) is 30.4 Å². The van der Waals surface area contributed by atoms with Crippen molar-refractivity contribution in [1.29, 1.82) is 0 Å². The SMILES string of the molecule is CCCCOC(=O)N1CC2(CC(n3nc(-c4ccc5nn(CCO)cc5c4)c(-c4c(Cl)c(C)cc5c4cnn5C4CCCCO4)c3C)C2)C1. The first kappa shape index (κ1) is 32.3. The number of aromatic nitrogens is 6. The number of rotatable bonds is 9. The van der Waals surface area contributed by atoms with Gasteiger partial charge in [0.2, 0.25) is 0 Å². The minimum Gasteiger partial charge on any atom is -0.449 e. The Kier molecular flexibility index (Phi) is 8.40. The summed E-state index contributed by atoms with van der Waals surface area (Å²) >= 11 is 7.28. The van der Waals surface area contributed by atoms with Crippen LogP contribution >= 0.6 is 11.6 Å². The lowest BCUT2D eigenvalue weighted by molar-refractivity contribution is -0.0825. The fourth-order valence-corrected chi connectivity index (χ4v) is 8.41. The number of aliphatic hydroxyl groups is 1. The molecule has 1 spiro atoms. The Balaban J connectivity index is 1.19. The largest absolute Gasteiger partial charge is 0.449 e. The van der Waals surface area contributed by atoms with Gasteiger partial charge in [-0.3, -0.25) is 9.36 Å². The van der Waals surface area contributed by atoms with Crippen molar-refractivity contribution in [2.75, 3.05) is 32.9 Å². The van der Waals surface area contributed by atoms with Crippen LogP contribution in [0.25, 0.3) is 44.2 Å². The molecule has 1 saturated carbocycles. The number of fused-ring (bicyclic) bond motifs is 2. The van der Waals surface area contributed by atoms with E-state index in [1.165, 1.54) is 0 Å². The molecule has 8 rings (SSSR count). The summed E-state index contributed by atoms with van der Waals surface area (Å²) in [6.07, 6.45) is 10.5. The van der Waals surface area contributed by atoms with Crippen LogP contribution in [0.5, 0.6) is 0 Å². The average molecular weight is 686 g/mol. The van der Waals surface area contributed by atoms with E-state index in [4.69, 9.17) is 31.3 Å². The molecule has 2 aromatic carbocycles. The van der Waals surface area contributed by atoms with Crippen molar-refractivity contribution in [3.63, 3.8) is 0 Å². The maximum absolute atomic E-state index is 12.5. The molecule has 49 heavy (non-hydrogen) atoms. The van der Waals surface area contributed by atoms with Crippen molar-refractivity contribution in [2.24, 2.45) is 5.41 Å². The number of nitrogens with zero attached hydrogens (tertiary/aromatic N) is 7. The van der Waals surface area contributed by atoms with E-state index in [1.54, 1.807) is 4.68 Å². The number of likely N-dealkylation sites (tertiary alicyclic amines) is 1. The van der Waals surface area contributed by atoms with Gasteiger partial charge in [0.05, 0.1) is 48.1 Å². The van der Waals surface area contributed by atoms with Crippen molar-refractivity contribution in [2.45, 2.75) is 84.5 Å². The van der Waals surface area contributed by atoms with Gasteiger partial charge in [-0.2, -0.15) is 15.3 Å². The molecule has 1 N–H and O–H groups in total. The van der Waals surface area contributed by atoms with Gasteiger partial charge in [0, 0.05) is 64.5 Å². The second-order valence-corrected chi connectivity index (χ2v) is 14.6. The summed E-state index contributed by atoms with van der Waals surface area (Å²) < 4.78 is 17.6. The maximum Gasteiger partial charge on any atom is 0.409 e. The minimum atomic E-state index is -0.197. The zero-order valence-electron chi connectivity index (χ0n) is 28.5. The van der Waals surface area contributed by atoms with Crippen LogP contribution < -0.4 is 0 Å². The van der Waals surface area contributed by atoms with Crippen LogP contribution in [0, 0.1) is 19.3 Å². The summed E-state index contributed by atoms with van der Waals surface area (Å²) in [5, 5.41) is 27.0. The molecule has 5 heterocycles. The third-order valence-electron chi connectivity index (χ3n) is 10.7. The van der Waals surface area contributed by atoms with E-state index in [2.05, 4.69) is 48.8 Å². The number of unbranched alkanes of at least 4 members (excludes halogenated alkanes) is 1.